The lowest BCUT2D eigenvalue weighted by Gasteiger charge is -2.10. The first kappa shape index (κ1) is 14.5. The number of nitrogen functional groups attached to an aromatic ring is 1. The maximum Gasteiger partial charge on any atom is 0.191 e. The van der Waals surface area contributed by atoms with E-state index in [0.29, 0.717) is 11.0 Å². The van der Waals surface area contributed by atoms with Crippen LogP contribution in [-0.4, -0.2) is 29.9 Å². The van der Waals surface area contributed by atoms with Crippen LogP contribution in [0.2, 0.25) is 0 Å². The summed E-state index contributed by atoms with van der Waals surface area (Å²) in [5.41, 5.74) is 6.90. The molecule has 2 rings (SSSR count). The Hall–Kier alpha value is -1.95. The Kier molecular flexibility index (Phi) is 5.06. The molecule has 0 saturated carbocycles. The maximum atomic E-state index is 5.74. The molecule has 0 atom stereocenters. The van der Waals surface area contributed by atoms with Crippen LogP contribution < -0.4 is 15.8 Å². The predicted molar refractivity (Wildman–Crippen MR) is 83.4 cm³/mol. The van der Waals surface area contributed by atoms with E-state index in [0.717, 1.165) is 30.1 Å². The topological polar surface area (TPSA) is 73.1 Å². The normalized spacial score (nSPS) is 10.3. The summed E-state index contributed by atoms with van der Waals surface area (Å²) in [7, 11) is 1.68. The van der Waals surface area contributed by atoms with Crippen molar-refractivity contribution in [1.82, 2.24) is 9.97 Å². The van der Waals surface area contributed by atoms with E-state index in [1.165, 1.54) is 11.8 Å². The maximum absolute atomic E-state index is 5.74. The van der Waals surface area contributed by atoms with Crippen LogP contribution in [0.4, 0.5) is 11.6 Å². The zero-order valence-electron chi connectivity index (χ0n) is 11.6. The fourth-order valence-electron chi connectivity index (χ4n) is 1.86. The molecule has 1 heterocycles. The third kappa shape index (κ3) is 3.77. The van der Waals surface area contributed by atoms with E-state index < -0.39 is 0 Å². The van der Waals surface area contributed by atoms with Crippen LogP contribution in [0.5, 0.6) is 5.75 Å². The van der Waals surface area contributed by atoms with E-state index >= 15 is 0 Å². The second-order valence-electron chi connectivity index (χ2n) is 4.15. The molecule has 5 nitrogen and oxygen atoms in total. The van der Waals surface area contributed by atoms with E-state index in [9.17, 15) is 0 Å². The second-order valence-corrected chi connectivity index (χ2v) is 4.93. The Bertz CT molecular complexity index is 577. The molecule has 0 fully saturated rings. The van der Waals surface area contributed by atoms with E-state index in [1.54, 1.807) is 13.2 Å². The van der Waals surface area contributed by atoms with E-state index in [4.69, 9.17) is 10.5 Å². The van der Waals surface area contributed by atoms with Crippen molar-refractivity contribution in [2.45, 2.75) is 11.6 Å². The van der Waals surface area contributed by atoms with Gasteiger partial charge in [-0.05, 0) is 24.3 Å². The largest absolute Gasteiger partial charge is 0.496 e. The van der Waals surface area contributed by atoms with Gasteiger partial charge in [0.15, 0.2) is 5.16 Å². The number of nitrogens with two attached hydrogens (primary N) is 1. The summed E-state index contributed by atoms with van der Waals surface area (Å²) in [5, 5.41) is 3.93. The number of rotatable bonds is 6. The molecular weight excluding hydrogens is 272 g/mol. The first-order chi connectivity index (χ1) is 9.72. The van der Waals surface area contributed by atoms with Gasteiger partial charge in [-0.3, -0.25) is 0 Å². The molecule has 0 bridgehead atoms. The van der Waals surface area contributed by atoms with Gasteiger partial charge >= 0.3 is 0 Å². The van der Waals surface area contributed by atoms with Gasteiger partial charge in [0.2, 0.25) is 0 Å². The second kappa shape index (κ2) is 7.00. The molecule has 0 radical (unpaired) electrons. The number of anilines is 2. The Morgan fingerprint density at radius 3 is 2.85 bits per heavy atom. The highest BCUT2D eigenvalue weighted by atomic mass is 32.2. The molecule has 20 heavy (non-hydrogen) atoms. The number of hydrogen-bond donors (Lipinski definition) is 2. The minimum Gasteiger partial charge on any atom is -0.496 e. The number of benzene rings is 1. The summed E-state index contributed by atoms with van der Waals surface area (Å²) >= 11 is 1.47. The smallest absolute Gasteiger partial charge is 0.191 e. The van der Waals surface area contributed by atoms with Crippen molar-refractivity contribution in [3.63, 3.8) is 0 Å². The van der Waals surface area contributed by atoms with Gasteiger partial charge in [0.05, 0.1) is 7.11 Å². The van der Waals surface area contributed by atoms with Crippen molar-refractivity contribution in [3.8, 4) is 5.75 Å². The molecule has 3 N–H and O–H groups in total. The fourth-order valence-corrected chi connectivity index (χ4v) is 2.25. The molecule has 106 valence electrons. The van der Waals surface area contributed by atoms with Crippen molar-refractivity contribution in [1.29, 1.82) is 0 Å². The van der Waals surface area contributed by atoms with Gasteiger partial charge in [-0.1, -0.05) is 30.0 Å². The first-order valence-electron chi connectivity index (χ1n) is 6.27. The Morgan fingerprint density at radius 2 is 2.10 bits per heavy atom. The van der Waals surface area contributed by atoms with Crippen molar-refractivity contribution in [2.24, 2.45) is 0 Å². The van der Waals surface area contributed by atoms with E-state index in [1.807, 2.05) is 24.5 Å². The average molecular weight is 290 g/mol. The third-order valence-electron chi connectivity index (χ3n) is 2.80. The van der Waals surface area contributed by atoms with Crippen LogP contribution in [0.15, 0.2) is 35.5 Å². The molecule has 0 amide bonds. The Balaban J connectivity index is 1.97. The SMILES string of the molecule is COc1ccccc1CCNc1cc(N)nc(SC)n1. The van der Waals surface area contributed by atoms with Crippen LogP contribution in [0.1, 0.15) is 5.56 Å². The molecule has 1 aromatic heterocycles. The number of para-hydroxylation sites is 1. The molecule has 0 aliphatic rings. The summed E-state index contributed by atoms with van der Waals surface area (Å²) < 4.78 is 5.33. The Morgan fingerprint density at radius 1 is 1.30 bits per heavy atom. The van der Waals surface area contributed by atoms with Gasteiger partial charge in [-0.15, -0.1) is 0 Å². The number of hydrogen-bond acceptors (Lipinski definition) is 6. The van der Waals surface area contributed by atoms with Gasteiger partial charge in [-0.25, -0.2) is 9.97 Å². The summed E-state index contributed by atoms with van der Waals surface area (Å²) in [6.45, 7) is 0.755. The van der Waals surface area contributed by atoms with Crippen molar-refractivity contribution >= 4 is 23.4 Å². The van der Waals surface area contributed by atoms with Crippen molar-refractivity contribution < 1.29 is 4.74 Å². The first-order valence-corrected chi connectivity index (χ1v) is 7.49. The lowest BCUT2D eigenvalue weighted by molar-refractivity contribution is 0.410. The minimum absolute atomic E-state index is 0.476. The summed E-state index contributed by atoms with van der Waals surface area (Å²) in [5.74, 6) is 2.13. The van der Waals surface area contributed by atoms with Crippen LogP contribution in [0.25, 0.3) is 0 Å². The van der Waals surface area contributed by atoms with Gasteiger partial charge < -0.3 is 15.8 Å². The molecule has 6 heteroatoms. The number of thioether (sulfide) groups is 1. The molecule has 0 spiro atoms. The summed E-state index contributed by atoms with van der Waals surface area (Å²) in [6, 6.07) is 9.73. The Labute approximate surface area is 123 Å². The van der Waals surface area contributed by atoms with Crippen LogP contribution >= 0.6 is 11.8 Å². The zero-order chi connectivity index (χ0) is 14.4. The standard InChI is InChI=1S/C14H18N4OS/c1-19-11-6-4-3-5-10(11)7-8-16-13-9-12(15)17-14(18-13)20-2/h3-6,9H,7-8H2,1-2H3,(H3,15,16,17,18). The molecule has 1 aromatic carbocycles. The zero-order valence-corrected chi connectivity index (χ0v) is 12.4. The molecular formula is C14H18N4OS. The van der Waals surface area contributed by atoms with Crippen LogP contribution in [0.3, 0.4) is 0 Å². The predicted octanol–water partition coefficient (Wildman–Crippen LogP) is 2.44. The lowest BCUT2D eigenvalue weighted by Crippen LogP contribution is -2.08. The van der Waals surface area contributed by atoms with Gasteiger partial charge in [0.1, 0.15) is 17.4 Å². The fraction of sp³-hybridized carbons (Fsp3) is 0.286. The quantitative estimate of drug-likeness (QED) is 0.629. The highest BCUT2D eigenvalue weighted by Crippen LogP contribution is 2.18. The third-order valence-corrected chi connectivity index (χ3v) is 3.35. The lowest BCUT2D eigenvalue weighted by atomic mass is 10.1. The number of nitrogens with zero attached hydrogens (tertiary/aromatic N) is 2. The molecule has 0 aliphatic heterocycles. The monoisotopic (exact) mass is 290 g/mol. The molecule has 0 aliphatic carbocycles. The van der Waals surface area contributed by atoms with Gasteiger partial charge in [0, 0.05) is 12.6 Å². The number of aromatic nitrogens is 2. The highest BCUT2D eigenvalue weighted by Gasteiger charge is 2.03. The van der Waals surface area contributed by atoms with Crippen LogP contribution in [0, 0.1) is 0 Å². The average Bonchev–Trinajstić information content (AvgIpc) is 2.47. The van der Waals surface area contributed by atoms with Gasteiger partial charge in [0.25, 0.3) is 0 Å². The summed E-state index contributed by atoms with van der Waals surface area (Å²) in [6.07, 6.45) is 2.77. The van der Waals surface area contributed by atoms with Crippen molar-refractivity contribution in [3.05, 3.63) is 35.9 Å². The van der Waals surface area contributed by atoms with Crippen molar-refractivity contribution in [2.75, 3.05) is 31.0 Å². The minimum atomic E-state index is 0.476. The molecule has 2 aromatic rings. The van der Waals surface area contributed by atoms with Gasteiger partial charge in [-0.2, -0.15) is 0 Å². The van der Waals surface area contributed by atoms with Crippen LogP contribution in [-0.2, 0) is 6.42 Å². The number of ether oxygens (including phenoxy) is 1. The van der Waals surface area contributed by atoms with E-state index in [2.05, 4.69) is 21.4 Å². The molecule has 0 saturated heterocycles. The molecule has 0 unspecified atom stereocenters. The number of nitrogens with one attached hydrogen (secondary N) is 1. The number of methoxy groups -OCH3 is 1. The highest BCUT2D eigenvalue weighted by molar-refractivity contribution is 7.98. The van der Waals surface area contributed by atoms with E-state index in [-0.39, 0.29) is 0 Å². The summed E-state index contributed by atoms with van der Waals surface area (Å²) in [4.78, 5) is 8.47.